The quantitative estimate of drug-likeness (QED) is 0.645. The molecule has 0 unspecified atom stereocenters. The maximum absolute atomic E-state index is 12.5. The highest BCUT2D eigenvalue weighted by Crippen LogP contribution is 2.18. The number of nitriles is 1. The summed E-state index contributed by atoms with van der Waals surface area (Å²) in [4.78, 5) is 21.1. The Bertz CT molecular complexity index is 1040. The van der Waals surface area contributed by atoms with E-state index < -0.39 is 0 Å². The predicted octanol–water partition coefficient (Wildman–Crippen LogP) is 3.38. The van der Waals surface area contributed by atoms with Crippen molar-refractivity contribution in [2.45, 2.75) is 13.3 Å². The topological polar surface area (TPSA) is 99.9 Å². The third-order valence-electron chi connectivity index (χ3n) is 4.23. The maximum atomic E-state index is 12.5. The summed E-state index contributed by atoms with van der Waals surface area (Å²) in [7, 11) is 1.63. The minimum absolute atomic E-state index is 0.270. The van der Waals surface area contributed by atoms with Gasteiger partial charge in [-0.05, 0) is 49.2 Å². The third kappa shape index (κ3) is 5.30. The Balaban J connectivity index is 1.65. The molecule has 146 valence electrons. The normalized spacial score (nSPS) is 10.1. The molecule has 0 aliphatic heterocycles. The summed E-state index contributed by atoms with van der Waals surface area (Å²) in [5, 5.41) is 14.9. The van der Waals surface area contributed by atoms with E-state index in [0.29, 0.717) is 30.2 Å². The van der Waals surface area contributed by atoms with Gasteiger partial charge in [-0.3, -0.25) is 4.79 Å². The fourth-order valence-corrected chi connectivity index (χ4v) is 2.83. The van der Waals surface area contributed by atoms with E-state index in [1.165, 1.54) is 0 Å². The van der Waals surface area contributed by atoms with Crippen molar-refractivity contribution < 1.29 is 9.53 Å². The average Bonchev–Trinajstić information content (AvgIpc) is 2.74. The van der Waals surface area contributed by atoms with Gasteiger partial charge in [-0.2, -0.15) is 5.26 Å². The fourth-order valence-electron chi connectivity index (χ4n) is 2.83. The van der Waals surface area contributed by atoms with Gasteiger partial charge in [-0.15, -0.1) is 0 Å². The Labute approximate surface area is 169 Å². The highest BCUT2D eigenvalue weighted by molar-refractivity contribution is 5.93. The van der Waals surface area contributed by atoms with Crippen molar-refractivity contribution in [1.29, 1.82) is 5.26 Å². The molecular weight excluding hydrogens is 366 g/mol. The molecular formula is C22H21N5O2. The lowest BCUT2D eigenvalue weighted by Crippen LogP contribution is -2.27. The van der Waals surface area contributed by atoms with E-state index in [2.05, 4.69) is 26.7 Å². The number of hydrogen-bond donors (Lipinski definition) is 2. The summed E-state index contributed by atoms with van der Waals surface area (Å²) in [5.41, 5.74) is 2.65. The van der Waals surface area contributed by atoms with Crippen LogP contribution >= 0.6 is 0 Å². The van der Waals surface area contributed by atoms with Gasteiger partial charge in [0.25, 0.3) is 5.91 Å². The first-order valence-corrected chi connectivity index (χ1v) is 9.12. The van der Waals surface area contributed by atoms with Crippen molar-refractivity contribution in [3.63, 3.8) is 0 Å². The summed E-state index contributed by atoms with van der Waals surface area (Å²) in [6.45, 7) is 2.19. The molecule has 0 atom stereocenters. The molecule has 3 aromatic rings. The van der Waals surface area contributed by atoms with E-state index in [4.69, 9.17) is 10.00 Å². The number of ether oxygens (including phenoxy) is 1. The lowest BCUT2D eigenvalue weighted by atomic mass is 10.1. The molecule has 1 amide bonds. The SMILES string of the molecule is COc1ccccc1CCNC(=O)c1cc(Nc2ccc(C#N)cc2)nc(C)n1. The van der Waals surface area contributed by atoms with Crippen LogP contribution in [0.5, 0.6) is 5.75 Å². The third-order valence-corrected chi connectivity index (χ3v) is 4.23. The number of rotatable bonds is 7. The van der Waals surface area contributed by atoms with Crippen molar-refractivity contribution >= 4 is 17.4 Å². The van der Waals surface area contributed by atoms with Crippen LogP contribution in [0.25, 0.3) is 0 Å². The van der Waals surface area contributed by atoms with Crippen LogP contribution < -0.4 is 15.4 Å². The van der Waals surface area contributed by atoms with Crippen molar-refractivity contribution in [3.05, 3.63) is 77.2 Å². The number of methoxy groups -OCH3 is 1. The number of carbonyl (C=O) groups is 1. The zero-order valence-electron chi connectivity index (χ0n) is 16.3. The number of nitrogens with zero attached hydrogens (tertiary/aromatic N) is 3. The van der Waals surface area contributed by atoms with Crippen LogP contribution in [0.1, 0.15) is 27.4 Å². The molecule has 0 spiro atoms. The number of aromatic nitrogens is 2. The number of carbonyl (C=O) groups excluding carboxylic acids is 1. The van der Waals surface area contributed by atoms with Crippen LogP contribution in [0.4, 0.5) is 11.5 Å². The zero-order chi connectivity index (χ0) is 20.6. The van der Waals surface area contributed by atoms with Crippen LogP contribution in [0.3, 0.4) is 0 Å². The standard InChI is InChI=1S/C22H21N5O2/c1-15-25-19(13-21(26-15)27-18-9-7-16(14-23)8-10-18)22(28)24-12-11-17-5-3-4-6-20(17)29-2/h3-10,13H,11-12H2,1-2H3,(H,24,28)(H,25,26,27). The second-order valence-corrected chi connectivity index (χ2v) is 6.32. The van der Waals surface area contributed by atoms with Gasteiger partial charge in [0.05, 0.1) is 18.7 Å². The number of benzene rings is 2. The summed E-state index contributed by atoms with van der Waals surface area (Å²) in [5.74, 6) is 1.53. The maximum Gasteiger partial charge on any atom is 0.270 e. The molecule has 0 saturated carbocycles. The number of hydrogen-bond acceptors (Lipinski definition) is 6. The van der Waals surface area contributed by atoms with Crippen LogP contribution in [0, 0.1) is 18.3 Å². The molecule has 7 nitrogen and oxygen atoms in total. The van der Waals surface area contributed by atoms with Gasteiger partial charge in [0.1, 0.15) is 23.1 Å². The van der Waals surface area contributed by atoms with E-state index in [0.717, 1.165) is 17.0 Å². The van der Waals surface area contributed by atoms with Crippen molar-refractivity contribution in [1.82, 2.24) is 15.3 Å². The number of anilines is 2. The van der Waals surface area contributed by atoms with Crippen molar-refractivity contribution in [2.75, 3.05) is 19.0 Å². The second kappa shape index (κ2) is 9.33. The van der Waals surface area contributed by atoms with Gasteiger partial charge in [-0.1, -0.05) is 18.2 Å². The summed E-state index contributed by atoms with van der Waals surface area (Å²) in [6.07, 6.45) is 0.649. The lowest BCUT2D eigenvalue weighted by Gasteiger charge is -2.10. The Morgan fingerprint density at radius 1 is 1.14 bits per heavy atom. The van der Waals surface area contributed by atoms with Crippen LogP contribution in [-0.2, 0) is 6.42 Å². The van der Waals surface area contributed by atoms with Crippen molar-refractivity contribution in [3.8, 4) is 11.8 Å². The minimum Gasteiger partial charge on any atom is -0.496 e. The lowest BCUT2D eigenvalue weighted by molar-refractivity contribution is 0.0948. The smallest absolute Gasteiger partial charge is 0.270 e. The molecule has 0 aliphatic carbocycles. The number of nitrogens with one attached hydrogen (secondary N) is 2. The molecule has 2 aromatic carbocycles. The number of amides is 1. The van der Waals surface area contributed by atoms with E-state index >= 15 is 0 Å². The second-order valence-electron chi connectivity index (χ2n) is 6.32. The summed E-state index contributed by atoms with van der Waals surface area (Å²) in [6, 6.07) is 18.4. The molecule has 3 rings (SSSR count). The first kappa shape index (κ1) is 19.8. The Hall–Kier alpha value is -3.92. The summed E-state index contributed by atoms with van der Waals surface area (Å²) >= 11 is 0. The van der Waals surface area contributed by atoms with E-state index in [-0.39, 0.29) is 11.6 Å². The molecule has 7 heteroatoms. The van der Waals surface area contributed by atoms with E-state index in [9.17, 15) is 4.79 Å². The first-order valence-electron chi connectivity index (χ1n) is 9.12. The molecule has 0 bridgehead atoms. The zero-order valence-corrected chi connectivity index (χ0v) is 16.3. The monoisotopic (exact) mass is 387 g/mol. The number of para-hydroxylation sites is 1. The van der Waals surface area contributed by atoms with Gasteiger partial charge in [0, 0.05) is 18.3 Å². The fraction of sp³-hybridized carbons (Fsp3) is 0.182. The Kier molecular flexibility index (Phi) is 6.38. The molecule has 0 aliphatic rings. The molecule has 1 heterocycles. The molecule has 2 N–H and O–H groups in total. The van der Waals surface area contributed by atoms with Gasteiger partial charge in [-0.25, -0.2) is 9.97 Å². The minimum atomic E-state index is -0.270. The van der Waals surface area contributed by atoms with Crippen LogP contribution in [0.2, 0.25) is 0 Å². The molecule has 29 heavy (non-hydrogen) atoms. The van der Waals surface area contributed by atoms with Gasteiger partial charge >= 0.3 is 0 Å². The van der Waals surface area contributed by atoms with E-state index in [1.54, 1.807) is 44.4 Å². The molecule has 0 radical (unpaired) electrons. The molecule has 0 saturated heterocycles. The average molecular weight is 387 g/mol. The first-order chi connectivity index (χ1) is 14.1. The van der Waals surface area contributed by atoms with Crippen molar-refractivity contribution in [2.24, 2.45) is 0 Å². The Morgan fingerprint density at radius 2 is 1.90 bits per heavy atom. The highest BCUT2D eigenvalue weighted by atomic mass is 16.5. The largest absolute Gasteiger partial charge is 0.496 e. The van der Waals surface area contributed by atoms with Crippen LogP contribution in [0.15, 0.2) is 54.6 Å². The van der Waals surface area contributed by atoms with Crippen LogP contribution in [-0.4, -0.2) is 29.5 Å². The summed E-state index contributed by atoms with van der Waals surface area (Å²) < 4.78 is 5.33. The van der Waals surface area contributed by atoms with Gasteiger partial charge in [0.15, 0.2) is 0 Å². The van der Waals surface area contributed by atoms with Gasteiger partial charge in [0.2, 0.25) is 0 Å². The molecule has 1 aromatic heterocycles. The van der Waals surface area contributed by atoms with Gasteiger partial charge < -0.3 is 15.4 Å². The number of aryl methyl sites for hydroxylation is 1. The Morgan fingerprint density at radius 3 is 2.62 bits per heavy atom. The molecule has 0 fully saturated rings. The van der Waals surface area contributed by atoms with E-state index in [1.807, 2.05) is 24.3 Å². The predicted molar refractivity (Wildman–Crippen MR) is 110 cm³/mol. The highest BCUT2D eigenvalue weighted by Gasteiger charge is 2.11.